The summed E-state index contributed by atoms with van der Waals surface area (Å²) in [7, 11) is -4.02. The van der Waals surface area contributed by atoms with Crippen molar-refractivity contribution in [3.8, 4) is 6.07 Å². The van der Waals surface area contributed by atoms with E-state index in [4.69, 9.17) is 24.0 Å². The van der Waals surface area contributed by atoms with E-state index in [0.29, 0.717) is 28.6 Å². The first-order chi connectivity index (χ1) is 16.4. The minimum atomic E-state index is -4.02. The van der Waals surface area contributed by atoms with Crippen molar-refractivity contribution < 1.29 is 33.1 Å². The van der Waals surface area contributed by atoms with Gasteiger partial charge >= 0.3 is 7.82 Å². The SMILES string of the molecule is N#Cc1ccccc1[C@H]1CCOP(=O)(OC[C@H]2O[C@@H](n3ccc4c(N)ncnc43)[C@H](O)[C@@H]2O)O1. The van der Waals surface area contributed by atoms with Gasteiger partial charge in [0.25, 0.3) is 0 Å². The van der Waals surface area contributed by atoms with Crippen molar-refractivity contribution in [3.63, 3.8) is 0 Å². The Labute approximate surface area is 194 Å². The van der Waals surface area contributed by atoms with Crippen LogP contribution in [0, 0.1) is 11.3 Å². The van der Waals surface area contributed by atoms with Crippen LogP contribution >= 0.6 is 7.82 Å². The summed E-state index contributed by atoms with van der Waals surface area (Å²) in [4.78, 5) is 8.10. The molecule has 13 heteroatoms. The van der Waals surface area contributed by atoms with Gasteiger partial charge in [-0.25, -0.2) is 14.5 Å². The van der Waals surface area contributed by atoms with Crippen LogP contribution in [-0.2, 0) is 22.9 Å². The fourth-order valence-electron chi connectivity index (χ4n) is 4.13. The third kappa shape index (κ3) is 4.08. The van der Waals surface area contributed by atoms with Gasteiger partial charge in [0, 0.05) is 12.6 Å². The molecule has 1 unspecified atom stereocenters. The summed E-state index contributed by atoms with van der Waals surface area (Å²) < 4.78 is 36.8. The summed E-state index contributed by atoms with van der Waals surface area (Å²) >= 11 is 0. The molecule has 2 saturated heterocycles. The first-order valence-corrected chi connectivity index (χ1v) is 12.0. The van der Waals surface area contributed by atoms with E-state index < -0.39 is 38.5 Å². The lowest BCUT2D eigenvalue weighted by atomic mass is 10.0. The zero-order valence-corrected chi connectivity index (χ0v) is 18.7. The van der Waals surface area contributed by atoms with Gasteiger partial charge in [0.2, 0.25) is 0 Å². The highest BCUT2D eigenvalue weighted by molar-refractivity contribution is 7.48. The maximum Gasteiger partial charge on any atom is 0.475 e. The number of ether oxygens (including phenoxy) is 1. The van der Waals surface area contributed by atoms with Crippen LogP contribution in [-0.4, -0.2) is 56.3 Å². The summed E-state index contributed by atoms with van der Waals surface area (Å²) in [6.07, 6.45) is -2.02. The first-order valence-electron chi connectivity index (χ1n) is 10.6. The Kier molecular flexibility index (Phi) is 6.09. The molecule has 0 saturated carbocycles. The summed E-state index contributed by atoms with van der Waals surface area (Å²) in [5.74, 6) is 0.272. The van der Waals surface area contributed by atoms with Gasteiger partial charge < -0.3 is 25.3 Å². The number of aliphatic hydroxyl groups excluding tert-OH is 2. The molecule has 2 aromatic heterocycles. The van der Waals surface area contributed by atoms with Crippen LogP contribution in [0.1, 0.15) is 29.9 Å². The molecule has 6 atom stereocenters. The number of nitrogens with two attached hydrogens (primary N) is 1. The third-order valence-electron chi connectivity index (χ3n) is 5.86. The molecule has 12 nitrogen and oxygen atoms in total. The van der Waals surface area contributed by atoms with E-state index in [0.717, 1.165) is 0 Å². The van der Waals surface area contributed by atoms with Crippen LogP contribution in [0.5, 0.6) is 0 Å². The molecule has 0 radical (unpaired) electrons. The molecule has 34 heavy (non-hydrogen) atoms. The lowest BCUT2D eigenvalue weighted by Crippen LogP contribution is -2.34. The van der Waals surface area contributed by atoms with E-state index in [1.54, 1.807) is 36.5 Å². The van der Waals surface area contributed by atoms with Crippen molar-refractivity contribution in [3.05, 3.63) is 54.0 Å². The minimum absolute atomic E-state index is 0.0948. The number of aliphatic hydroxyl groups is 2. The van der Waals surface area contributed by atoms with E-state index in [1.165, 1.54) is 10.9 Å². The molecule has 4 N–H and O–H groups in total. The average molecular weight is 487 g/mol. The van der Waals surface area contributed by atoms with E-state index >= 15 is 0 Å². The second-order valence-electron chi connectivity index (χ2n) is 7.92. The van der Waals surface area contributed by atoms with Crippen LogP contribution in [0.25, 0.3) is 11.0 Å². The van der Waals surface area contributed by atoms with Gasteiger partial charge in [0.1, 0.15) is 36.1 Å². The smallest absolute Gasteiger partial charge is 0.387 e. The Bertz CT molecular complexity index is 1290. The van der Waals surface area contributed by atoms with Gasteiger partial charge in [-0.2, -0.15) is 5.26 Å². The average Bonchev–Trinajstić information content (AvgIpc) is 3.40. The van der Waals surface area contributed by atoms with Crippen LogP contribution in [0.3, 0.4) is 0 Å². The molecule has 2 fully saturated rings. The quantitative estimate of drug-likeness (QED) is 0.448. The maximum absolute atomic E-state index is 13.1. The molecule has 0 aliphatic carbocycles. The number of hydrogen-bond acceptors (Lipinski definition) is 11. The van der Waals surface area contributed by atoms with Crippen molar-refractivity contribution in [1.82, 2.24) is 14.5 Å². The highest BCUT2D eigenvalue weighted by Gasteiger charge is 2.46. The zero-order valence-electron chi connectivity index (χ0n) is 17.8. The number of fused-ring (bicyclic) bond motifs is 1. The molecule has 178 valence electrons. The first kappa shape index (κ1) is 22.9. The molecule has 0 spiro atoms. The van der Waals surface area contributed by atoms with Gasteiger partial charge in [0.15, 0.2) is 6.23 Å². The van der Waals surface area contributed by atoms with Crippen molar-refractivity contribution in [1.29, 1.82) is 5.26 Å². The van der Waals surface area contributed by atoms with Crippen molar-refractivity contribution in [2.45, 2.75) is 37.1 Å². The summed E-state index contributed by atoms with van der Waals surface area (Å²) in [5.41, 5.74) is 7.28. The number of rotatable bonds is 5. The zero-order chi connectivity index (χ0) is 23.9. The van der Waals surface area contributed by atoms with Crippen LogP contribution < -0.4 is 5.73 Å². The third-order valence-corrected chi connectivity index (χ3v) is 7.34. The fourth-order valence-corrected chi connectivity index (χ4v) is 5.51. The number of nitrogen functional groups attached to an aromatic ring is 1. The van der Waals surface area contributed by atoms with Crippen LogP contribution in [0.4, 0.5) is 5.82 Å². The number of anilines is 1. The van der Waals surface area contributed by atoms with E-state index in [2.05, 4.69) is 16.0 Å². The molecule has 0 amide bonds. The Balaban J connectivity index is 1.29. The molecule has 2 aliphatic heterocycles. The highest BCUT2D eigenvalue weighted by Crippen LogP contribution is 2.57. The van der Waals surface area contributed by atoms with Gasteiger partial charge in [-0.15, -0.1) is 0 Å². The van der Waals surface area contributed by atoms with E-state index in [9.17, 15) is 20.0 Å². The highest BCUT2D eigenvalue weighted by atomic mass is 31.2. The topological polar surface area (TPSA) is 175 Å². The number of benzene rings is 1. The summed E-state index contributed by atoms with van der Waals surface area (Å²) in [6, 6.07) is 10.6. The number of aromatic nitrogens is 3. The van der Waals surface area contributed by atoms with E-state index in [-0.39, 0.29) is 19.0 Å². The largest absolute Gasteiger partial charge is 0.475 e. The summed E-state index contributed by atoms with van der Waals surface area (Å²) in [6.45, 7) is -0.271. The molecule has 4 heterocycles. The molecule has 3 aromatic rings. The van der Waals surface area contributed by atoms with Crippen molar-refractivity contribution in [2.75, 3.05) is 18.9 Å². The fraction of sp³-hybridized carbons (Fsp3) is 0.381. The number of phosphoric acid groups is 1. The Morgan fingerprint density at radius 1 is 1.26 bits per heavy atom. The van der Waals surface area contributed by atoms with Crippen molar-refractivity contribution in [2.24, 2.45) is 0 Å². The molecule has 5 rings (SSSR count). The van der Waals surface area contributed by atoms with Gasteiger partial charge in [-0.05, 0) is 17.7 Å². The lowest BCUT2D eigenvalue weighted by Gasteiger charge is -2.30. The number of nitriles is 1. The summed E-state index contributed by atoms with van der Waals surface area (Å²) in [5, 5.41) is 31.0. The molecule has 0 bridgehead atoms. The van der Waals surface area contributed by atoms with Gasteiger partial charge in [-0.1, -0.05) is 18.2 Å². The Hall–Kier alpha value is -2.88. The van der Waals surface area contributed by atoms with Crippen LogP contribution in [0.15, 0.2) is 42.9 Å². The standard InChI is InChI=1S/C21H22N5O7P/c22-9-12-3-1-2-4-13(12)15-6-8-30-34(29,33-15)31-10-16-17(27)18(28)21(32-16)26-7-5-14-19(23)24-11-25-20(14)26/h1-5,7,11,15-18,21,27-28H,6,8,10H2,(H2,23,24,25)/t15-,16-,17-,18-,21-,34?/m1/s1. The monoisotopic (exact) mass is 487 g/mol. The van der Waals surface area contributed by atoms with Crippen molar-refractivity contribution >= 4 is 24.7 Å². The number of phosphoric ester groups is 1. The molecule has 1 aromatic carbocycles. The molecular weight excluding hydrogens is 465 g/mol. The minimum Gasteiger partial charge on any atom is -0.387 e. The predicted molar refractivity (Wildman–Crippen MR) is 117 cm³/mol. The van der Waals surface area contributed by atoms with Gasteiger partial charge in [-0.3, -0.25) is 13.6 Å². The Morgan fingerprint density at radius 2 is 2.09 bits per heavy atom. The second-order valence-corrected chi connectivity index (χ2v) is 9.55. The Morgan fingerprint density at radius 3 is 2.91 bits per heavy atom. The van der Waals surface area contributed by atoms with E-state index in [1.807, 2.05) is 0 Å². The normalized spacial score (nSPS) is 31.5. The second kappa shape index (κ2) is 9.05. The lowest BCUT2D eigenvalue weighted by molar-refractivity contribution is -0.0576. The molecule has 2 aliphatic rings. The van der Waals surface area contributed by atoms with Gasteiger partial charge in [0.05, 0.1) is 36.3 Å². The number of hydrogen-bond donors (Lipinski definition) is 3. The van der Waals surface area contributed by atoms with Crippen LogP contribution in [0.2, 0.25) is 0 Å². The molecular formula is C21H22N5O7P. The number of nitrogens with zero attached hydrogens (tertiary/aromatic N) is 4. The maximum atomic E-state index is 13.1. The predicted octanol–water partition coefficient (Wildman–Crippen LogP) is 1.81.